The standard InChI is InChI=1S/C16H17NO4/c1-20-15(18)9-7-11(16(19)21-2)14-10-5-3-4-6-12(10)17-13(14)8-9/h7-8,17H,3-6H2,1-2H3. The number of aromatic amines is 1. The molecular formula is C16H17NO4. The molecule has 0 amide bonds. The van der Waals surface area contributed by atoms with Gasteiger partial charge in [0.05, 0.1) is 25.3 Å². The number of fused-ring (bicyclic) bond motifs is 3. The van der Waals surface area contributed by atoms with Crippen LogP contribution in [-0.2, 0) is 22.3 Å². The molecule has 0 saturated carbocycles. The number of carbonyl (C=O) groups excluding carboxylic acids is 2. The van der Waals surface area contributed by atoms with E-state index in [1.165, 1.54) is 19.8 Å². The van der Waals surface area contributed by atoms with E-state index in [1.54, 1.807) is 12.1 Å². The first-order valence-corrected chi connectivity index (χ1v) is 6.99. The summed E-state index contributed by atoms with van der Waals surface area (Å²) >= 11 is 0. The van der Waals surface area contributed by atoms with Gasteiger partial charge in [-0.1, -0.05) is 0 Å². The zero-order chi connectivity index (χ0) is 15.0. The summed E-state index contributed by atoms with van der Waals surface area (Å²) in [5.74, 6) is -0.896. The van der Waals surface area contributed by atoms with E-state index in [2.05, 4.69) is 4.98 Å². The Morgan fingerprint density at radius 2 is 1.76 bits per heavy atom. The highest BCUT2D eigenvalue weighted by molar-refractivity contribution is 6.08. The van der Waals surface area contributed by atoms with E-state index in [4.69, 9.17) is 9.47 Å². The lowest BCUT2D eigenvalue weighted by Gasteiger charge is -2.12. The molecule has 1 aromatic carbocycles. The molecule has 5 nitrogen and oxygen atoms in total. The number of benzene rings is 1. The maximum absolute atomic E-state index is 12.1. The number of aromatic nitrogens is 1. The number of rotatable bonds is 2. The number of ether oxygens (including phenoxy) is 2. The molecular weight excluding hydrogens is 270 g/mol. The molecule has 0 spiro atoms. The molecule has 1 aliphatic rings. The summed E-state index contributed by atoms with van der Waals surface area (Å²) in [6, 6.07) is 3.30. The molecule has 0 aliphatic heterocycles. The van der Waals surface area contributed by atoms with Gasteiger partial charge in [-0.2, -0.15) is 0 Å². The average molecular weight is 287 g/mol. The van der Waals surface area contributed by atoms with Crippen molar-refractivity contribution < 1.29 is 19.1 Å². The van der Waals surface area contributed by atoms with Crippen LogP contribution in [0.2, 0.25) is 0 Å². The zero-order valence-corrected chi connectivity index (χ0v) is 12.1. The summed E-state index contributed by atoms with van der Waals surface area (Å²) in [5, 5.41) is 0.879. The number of H-pyrrole nitrogens is 1. The van der Waals surface area contributed by atoms with Gasteiger partial charge in [-0.3, -0.25) is 0 Å². The third-order valence-electron chi connectivity index (χ3n) is 4.02. The van der Waals surface area contributed by atoms with E-state index in [0.29, 0.717) is 11.1 Å². The highest BCUT2D eigenvalue weighted by Gasteiger charge is 2.23. The molecule has 21 heavy (non-hydrogen) atoms. The topological polar surface area (TPSA) is 68.4 Å². The fraction of sp³-hybridized carbons (Fsp3) is 0.375. The summed E-state index contributed by atoms with van der Waals surface area (Å²) in [5.41, 5.74) is 3.90. The van der Waals surface area contributed by atoms with Gasteiger partial charge in [-0.25, -0.2) is 9.59 Å². The normalized spacial score (nSPS) is 13.8. The third-order valence-corrected chi connectivity index (χ3v) is 4.02. The Balaban J connectivity index is 2.29. The van der Waals surface area contributed by atoms with Crippen molar-refractivity contribution in [3.05, 3.63) is 34.5 Å². The minimum atomic E-state index is -0.463. The van der Waals surface area contributed by atoms with Crippen molar-refractivity contribution in [1.82, 2.24) is 4.98 Å². The van der Waals surface area contributed by atoms with Crippen LogP contribution in [0.4, 0.5) is 0 Å². The number of hydrogen-bond donors (Lipinski definition) is 1. The summed E-state index contributed by atoms with van der Waals surface area (Å²) in [6.45, 7) is 0. The molecule has 0 atom stereocenters. The summed E-state index contributed by atoms with van der Waals surface area (Å²) in [6.07, 6.45) is 4.16. The molecule has 1 aromatic heterocycles. The third kappa shape index (κ3) is 2.18. The van der Waals surface area contributed by atoms with Crippen LogP contribution in [0.1, 0.15) is 44.8 Å². The van der Waals surface area contributed by atoms with Crippen LogP contribution in [0.3, 0.4) is 0 Å². The van der Waals surface area contributed by atoms with Crippen LogP contribution < -0.4 is 0 Å². The minimum Gasteiger partial charge on any atom is -0.465 e. The summed E-state index contributed by atoms with van der Waals surface area (Å²) in [4.78, 5) is 27.2. The Kier molecular flexibility index (Phi) is 3.41. The van der Waals surface area contributed by atoms with Gasteiger partial charge in [-0.05, 0) is 43.4 Å². The highest BCUT2D eigenvalue weighted by Crippen LogP contribution is 2.32. The first-order chi connectivity index (χ1) is 10.2. The van der Waals surface area contributed by atoms with Crippen LogP contribution in [0.15, 0.2) is 12.1 Å². The lowest BCUT2D eigenvalue weighted by Crippen LogP contribution is -2.08. The smallest absolute Gasteiger partial charge is 0.338 e. The van der Waals surface area contributed by atoms with Gasteiger partial charge in [0.1, 0.15) is 0 Å². The Labute approximate surface area is 122 Å². The molecule has 1 heterocycles. The molecule has 1 N–H and O–H groups in total. The molecule has 1 aliphatic carbocycles. The summed E-state index contributed by atoms with van der Waals surface area (Å²) < 4.78 is 9.62. The lowest BCUT2D eigenvalue weighted by atomic mass is 9.93. The monoisotopic (exact) mass is 287 g/mol. The second-order valence-corrected chi connectivity index (χ2v) is 5.22. The van der Waals surface area contributed by atoms with Crippen molar-refractivity contribution in [3.63, 3.8) is 0 Å². The predicted octanol–water partition coefficient (Wildman–Crippen LogP) is 2.62. The maximum atomic E-state index is 12.1. The SMILES string of the molecule is COC(=O)c1cc(C(=O)OC)c2c3c([nH]c2c1)CCCC3. The van der Waals surface area contributed by atoms with E-state index in [-0.39, 0.29) is 0 Å². The average Bonchev–Trinajstić information content (AvgIpc) is 2.90. The number of hydrogen-bond acceptors (Lipinski definition) is 4. The lowest BCUT2D eigenvalue weighted by molar-refractivity contribution is 0.0600. The highest BCUT2D eigenvalue weighted by atomic mass is 16.5. The van der Waals surface area contributed by atoms with Crippen LogP contribution in [0, 0.1) is 0 Å². The molecule has 3 rings (SSSR count). The van der Waals surface area contributed by atoms with Crippen molar-refractivity contribution in [3.8, 4) is 0 Å². The molecule has 0 unspecified atom stereocenters. The number of aryl methyl sites for hydroxylation is 2. The Morgan fingerprint density at radius 3 is 2.48 bits per heavy atom. The van der Waals surface area contributed by atoms with E-state index in [9.17, 15) is 9.59 Å². The van der Waals surface area contributed by atoms with Gasteiger partial charge in [-0.15, -0.1) is 0 Å². The van der Waals surface area contributed by atoms with Crippen LogP contribution in [-0.4, -0.2) is 31.1 Å². The number of carbonyl (C=O) groups is 2. The van der Waals surface area contributed by atoms with Crippen molar-refractivity contribution in [2.75, 3.05) is 14.2 Å². The second-order valence-electron chi connectivity index (χ2n) is 5.22. The van der Waals surface area contributed by atoms with E-state index in [0.717, 1.165) is 42.3 Å². The minimum absolute atomic E-state index is 0.351. The van der Waals surface area contributed by atoms with Crippen molar-refractivity contribution >= 4 is 22.8 Å². The van der Waals surface area contributed by atoms with Gasteiger partial charge >= 0.3 is 11.9 Å². The molecule has 0 fully saturated rings. The van der Waals surface area contributed by atoms with Crippen LogP contribution >= 0.6 is 0 Å². The molecule has 0 radical (unpaired) electrons. The number of esters is 2. The quantitative estimate of drug-likeness (QED) is 0.862. The van der Waals surface area contributed by atoms with E-state index >= 15 is 0 Å². The molecule has 5 heteroatoms. The predicted molar refractivity (Wildman–Crippen MR) is 77.6 cm³/mol. The van der Waals surface area contributed by atoms with Gasteiger partial charge in [0.2, 0.25) is 0 Å². The van der Waals surface area contributed by atoms with Gasteiger partial charge in [0.15, 0.2) is 0 Å². The number of nitrogens with one attached hydrogen (secondary N) is 1. The first kappa shape index (κ1) is 13.7. The van der Waals surface area contributed by atoms with Crippen molar-refractivity contribution in [1.29, 1.82) is 0 Å². The van der Waals surface area contributed by atoms with Gasteiger partial charge in [0, 0.05) is 16.6 Å². The number of methoxy groups -OCH3 is 2. The maximum Gasteiger partial charge on any atom is 0.338 e. The van der Waals surface area contributed by atoms with Gasteiger partial charge < -0.3 is 14.5 Å². The molecule has 0 saturated heterocycles. The fourth-order valence-electron chi connectivity index (χ4n) is 3.05. The fourth-order valence-corrected chi connectivity index (χ4v) is 3.05. The Bertz CT molecular complexity index is 729. The van der Waals surface area contributed by atoms with Gasteiger partial charge in [0.25, 0.3) is 0 Å². The van der Waals surface area contributed by atoms with E-state index in [1.807, 2.05) is 0 Å². The largest absolute Gasteiger partial charge is 0.465 e. The molecule has 0 bridgehead atoms. The van der Waals surface area contributed by atoms with Crippen molar-refractivity contribution in [2.24, 2.45) is 0 Å². The van der Waals surface area contributed by atoms with Crippen LogP contribution in [0.25, 0.3) is 10.9 Å². The first-order valence-electron chi connectivity index (χ1n) is 6.99. The zero-order valence-electron chi connectivity index (χ0n) is 12.1. The summed E-state index contributed by atoms with van der Waals surface area (Å²) in [7, 11) is 2.67. The molecule has 2 aromatic rings. The Morgan fingerprint density at radius 1 is 1.05 bits per heavy atom. The van der Waals surface area contributed by atoms with E-state index < -0.39 is 11.9 Å². The van der Waals surface area contributed by atoms with Crippen LogP contribution in [0.5, 0.6) is 0 Å². The molecule has 110 valence electrons. The Hall–Kier alpha value is -2.30. The van der Waals surface area contributed by atoms with Crippen molar-refractivity contribution in [2.45, 2.75) is 25.7 Å². The second kappa shape index (κ2) is 5.24.